The Labute approximate surface area is 115 Å². The molecule has 0 aromatic heterocycles. The van der Waals surface area contributed by atoms with Gasteiger partial charge in [-0.25, -0.2) is 0 Å². The van der Waals surface area contributed by atoms with Gasteiger partial charge < -0.3 is 5.32 Å². The third-order valence-corrected chi connectivity index (χ3v) is 4.79. The minimum Gasteiger partial charge on any atom is -0.349 e. The van der Waals surface area contributed by atoms with E-state index >= 15 is 0 Å². The van der Waals surface area contributed by atoms with Crippen LogP contribution in [0.15, 0.2) is 39.8 Å². The maximum Gasteiger partial charge on any atom is 0.233 e. The molecule has 1 amide bonds. The highest BCUT2D eigenvalue weighted by Crippen LogP contribution is 2.44. The highest BCUT2D eigenvalue weighted by molar-refractivity contribution is 8.03. The molecular formula is C14H13N3OS. The van der Waals surface area contributed by atoms with Crippen LogP contribution in [0.4, 0.5) is 5.69 Å². The molecule has 5 heteroatoms. The number of nitrogens with one attached hydrogen (secondary N) is 2. The van der Waals surface area contributed by atoms with E-state index in [2.05, 4.69) is 11.4 Å². The molecule has 0 radical (unpaired) electrons. The third-order valence-electron chi connectivity index (χ3n) is 3.66. The molecule has 2 heterocycles. The number of anilines is 1. The molecule has 96 valence electrons. The van der Waals surface area contributed by atoms with Gasteiger partial charge in [-0.05, 0) is 25.0 Å². The summed E-state index contributed by atoms with van der Waals surface area (Å²) in [5.74, 6) is 0.476. The van der Waals surface area contributed by atoms with Crippen molar-refractivity contribution in [1.82, 2.24) is 4.90 Å². The van der Waals surface area contributed by atoms with Crippen LogP contribution in [0.1, 0.15) is 19.3 Å². The fourth-order valence-corrected chi connectivity index (χ4v) is 3.60. The number of likely N-dealkylation sites (tertiary alicyclic amines) is 1. The van der Waals surface area contributed by atoms with Crippen LogP contribution < -0.4 is 5.32 Å². The number of amidine groups is 1. The lowest BCUT2D eigenvalue weighted by Gasteiger charge is -2.14. The summed E-state index contributed by atoms with van der Waals surface area (Å²) >= 11 is 1.62. The van der Waals surface area contributed by atoms with Gasteiger partial charge in [0.15, 0.2) is 0 Å². The molecule has 4 rings (SSSR count). The Morgan fingerprint density at radius 3 is 2.84 bits per heavy atom. The van der Waals surface area contributed by atoms with Gasteiger partial charge in [0.25, 0.3) is 0 Å². The van der Waals surface area contributed by atoms with E-state index in [0.717, 1.165) is 34.0 Å². The summed E-state index contributed by atoms with van der Waals surface area (Å²) in [7, 11) is 0. The topological polar surface area (TPSA) is 56.2 Å². The minimum absolute atomic E-state index is 0.0772. The number of carbonyl (C=O) groups is 1. The summed E-state index contributed by atoms with van der Waals surface area (Å²) in [6.45, 7) is 0. The zero-order chi connectivity index (χ0) is 13.0. The maximum absolute atomic E-state index is 12.0. The average Bonchev–Trinajstić information content (AvgIpc) is 3.05. The van der Waals surface area contributed by atoms with Gasteiger partial charge in [0.1, 0.15) is 5.84 Å². The molecule has 1 aromatic carbocycles. The van der Waals surface area contributed by atoms with Crippen molar-refractivity contribution in [1.29, 1.82) is 5.41 Å². The van der Waals surface area contributed by atoms with E-state index in [-0.39, 0.29) is 11.9 Å². The number of hydrogen-bond acceptors (Lipinski definition) is 4. The van der Waals surface area contributed by atoms with E-state index in [1.807, 2.05) is 18.2 Å². The number of carbonyl (C=O) groups excluding carboxylic acids is 1. The lowest BCUT2D eigenvalue weighted by atomic mass is 10.2. The van der Waals surface area contributed by atoms with Gasteiger partial charge in [-0.2, -0.15) is 0 Å². The maximum atomic E-state index is 12.0. The number of nitrogens with zero attached hydrogens (tertiary/aromatic N) is 1. The second-order valence-corrected chi connectivity index (χ2v) is 6.10. The predicted octanol–water partition coefficient (Wildman–Crippen LogP) is 2.79. The molecule has 2 N–H and O–H groups in total. The minimum atomic E-state index is 0.0772. The number of rotatable bonds is 1. The van der Waals surface area contributed by atoms with Crippen LogP contribution in [-0.4, -0.2) is 22.7 Å². The van der Waals surface area contributed by atoms with Gasteiger partial charge in [0.2, 0.25) is 5.91 Å². The first-order valence-corrected chi connectivity index (χ1v) is 7.24. The summed E-state index contributed by atoms with van der Waals surface area (Å²) in [6, 6.07) is 8.35. The van der Waals surface area contributed by atoms with Crippen LogP contribution in [0.25, 0.3) is 0 Å². The Morgan fingerprint density at radius 2 is 2.11 bits per heavy atom. The Kier molecular flexibility index (Phi) is 2.26. The van der Waals surface area contributed by atoms with Gasteiger partial charge in [-0.3, -0.25) is 15.1 Å². The highest BCUT2D eigenvalue weighted by atomic mass is 32.2. The van der Waals surface area contributed by atoms with Crippen LogP contribution in [0.2, 0.25) is 0 Å². The quantitative estimate of drug-likeness (QED) is 0.825. The molecule has 1 aromatic rings. The van der Waals surface area contributed by atoms with Gasteiger partial charge in [0.05, 0.1) is 17.1 Å². The van der Waals surface area contributed by atoms with E-state index in [4.69, 9.17) is 5.41 Å². The van der Waals surface area contributed by atoms with E-state index in [1.165, 1.54) is 0 Å². The smallest absolute Gasteiger partial charge is 0.233 e. The van der Waals surface area contributed by atoms with Crippen molar-refractivity contribution >= 4 is 29.2 Å². The molecule has 2 fully saturated rings. The van der Waals surface area contributed by atoms with E-state index < -0.39 is 0 Å². The van der Waals surface area contributed by atoms with Crippen molar-refractivity contribution in [2.75, 3.05) is 5.32 Å². The highest BCUT2D eigenvalue weighted by Gasteiger charge is 2.42. The largest absolute Gasteiger partial charge is 0.349 e. The van der Waals surface area contributed by atoms with Crippen molar-refractivity contribution in [3.8, 4) is 0 Å². The molecule has 4 nitrogen and oxygen atoms in total. The van der Waals surface area contributed by atoms with E-state index in [0.29, 0.717) is 12.3 Å². The predicted molar refractivity (Wildman–Crippen MR) is 75.2 cm³/mol. The molecule has 2 aliphatic heterocycles. The number of thioether (sulfide) groups is 1. The Morgan fingerprint density at radius 1 is 1.32 bits per heavy atom. The first-order chi connectivity index (χ1) is 9.24. The zero-order valence-corrected chi connectivity index (χ0v) is 11.1. The standard InChI is InChI=1S/C14H13N3OS/c15-13-9(7-12(18)17(13)8-5-6-8)14-16-10-3-1-2-4-11(10)19-14/h1-4,8,15-16H,5-7H2/b14-9+,15-13?. The summed E-state index contributed by atoms with van der Waals surface area (Å²) in [5, 5.41) is 12.5. The second kappa shape index (κ2) is 3.87. The van der Waals surface area contributed by atoms with Crippen LogP contribution >= 0.6 is 11.8 Å². The molecule has 1 saturated carbocycles. The summed E-state index contributed by atoms with van der Waals surface area (Å²) in [5.41, 5.74) is 1.92. The molecule has 0 bridgehead atoms. The fraction of sp³-hybridized carbons (Fsp3) is 0.286. The fourth-order valence-electron chi connectivity index (χ4n) is 2.55. The zero-order valence-electron chi connectivity index (χ0n) is 10.3. The second-order valence-electron chi connectivity index (χ2n) is 5.05. The lowest BCUT2D eigenvalue weighted by Crippen LogP contribution is -2.31. The van der Waals surface area contributed by atoms with Crippen molar-refractivity contribution in [2.45, 2.75) is 30.2 Å². The Bertz CT molecular complexity index is 606. The van der Waals surface area contributed by atoms with Crippen LogP contribution in [-0.2, 0) is 4.79 Å². The van der Waals surface area contributed by atoms with Crippen molar-refractivity contribution < 1.29 is 4.79 Å². The summed E-state index contributed by atoms with van der Waals surface area (Å²) in [6.07, 6.45) is 2.44. The van der Waals surface area contributed by atoms with Crippen molar-refractivity contribution in [3.05, 3.63) is 34.9 Å². The molecule has 0 spiro atoms. The molecule has 1 saturated heterocycles. The number of hydrogen-bond donors (Lipinski definition) is 2. The number of fused-ring (bicyclic) bond motifs is 1. The molecular weight excluding hydrogens is 258 g/mol. The molecule has 0 unspecified atom stereocenters. The number of amides is 1. The number of benzene rings is 1. The van der Waals surface area contributed by atoms with Crippen LogP contribution in [0.3, 0.4) is 0 Å². The van der Waals surface area contributed by atoms with Crippen LogP contribution in [0.5, 0.6) is 0 Å². The normalized spacial score (nSPS) is 25.8. The van der Waals surface area contributed by atoms with Crippen molar-refractivity contribution in [2.24, 2.45) is 0 Å². The first-order valence-electron chi connectivity index (χ1n) is 6.42. The van der Waals surface area contributed by atoms with E-state index in [1.54, 1.807) is 16.7 Å². The molecule has 3 aliphatic rings. The monoisotopic (exact) mass is 271 g/mol. The summed E-state index contributed by atoms with van der Waals surface area (Å²) in [4.78, 5) is 14.9. The molecule has 19 heavy (non-hydrogen) atoms. The van der Waals surface area contributed by atoms with Gasteiger partial charge >= 0.3 is 0 Å². The average molecular weight is 271 g/mol. The number of para-hydroxylation sites is 1. The summed E-state index contributed by atoms with van der Waals surface area (Å²) < 4.78 is 0. The first kappa shape index (κ1) is 11.1. The van der Waals surface area contributed by atoms with Crippen molar-refractivity contribution in [3.63, 3.8) is 0 Å². The third kappa shape index (κ3) is 1.69. The molecule has 1 aliphatic carbocycles. The Balaban J connectivity index is 1.69. The molecule has 0 atom stereocenters. The van der Waals surface area contributed by atoms with Crippen LogP contribution in [0, 0.1) is 5.41 Å². The van der Waals surface area contributed by atoms with E-state index in [9.17, 15) is 4.79 Å². The van der Waals surface area contributed by atoms with Gasteiger partial charge in [0, 0.05) is 16.5 Å². The Hall–Kier alpha value is -1.75. The SMILES string of the molecule is N=C1/C(=C2\Nc3ccccc3S2)CC(=O)N1C1CC1. The lowest BCUT2D eigenvalue weighted by molar-refractivity contribution is -0.125. The van der Waals surface area contributed by atoms with Gasteiger partial charge in [-0.1, -0.05) is 23.9 Å². The van der Waals surface area contributed by atoms with Gasteiger partial charge in [-0.15, -0.1) is 0 Å².